The summed E-state index contributed by atoms with van der Waals surface area (Å²) in [6.07, 6.45) is 0. The number of ether oxygens (including phenoxy) is 1. The van der Waals surface area contributed by atoms with E-state index in [0.717, 1.165) is 83.6 Å². The molecule has 2 aromatic heterocycles. The van der Waals surface area contributed by atoms with Crippen LogP contribution in [0.4, 0.5) is 0 Å². The van der Waals surface area contributed by atoms with Gasteiger partial charge >= 0.3 is 0 Å². The summed E-state index contributed by atoms with van der Waals surface area (Å²) < 4.78 is 6.94. The summed E-state index contributed by atoms with van der Waals surface area (Å²) in [5.74, 6) is 2.41. The van der Waals surface area contributed by atoms with Crippen molar-refractivity contribution in [2.45, 2.75) is 5.41 Å². The van der Waals surface area contributed by atoms with Gasteiger partial charge in [0.2, 0.25) is 0 Å². The molecule has 8 aromatic carbocycles. The van der Waals surface area contributed by atoms with Crippen LogP contribution in [0, 0.1) is 0 Å². The second-order valence-electron chi connectivity index (χ2n) is 15.1. The molecular weight excluding hydrogens is 707 g/mol. The second-order valence-corrected chi connectivity index (χ2v) is 15.1. The number of nitrogens with zero attached hydrogens (tertiary/aromatic N) is 3. The Morgan fingerprint density at radius 2 is 0.897 bits per heavy atom. The van der Waals surface area contributed by atoms with Crippen molar-refractivity contribution in [3.05, 3.63) is 222 Å². The number of hydrogen-bond acceptors (Lipinski definition) is 4. The fourth-order valence-corrected chi connectivity index (χ4v) is 9.39. The molecular formula is C54H33N3O. The SMILES string of the molecule is c1ccc(-c2cc(-c3ccc(-c4nc5ccccc5c5cc6c(cc45)Oc4ccccc4C64c5ccccc5-c5ccccc54)cc3)nc(-c3ccccc3)n2)cc1. The molecule has 4 heteroatoms. The van der Waals surface area contributed by atoms with Crippen LogP contribution in [0.3, 0.4) is 0 Å². The molecule has 0 unspecified atom stereocenters. The minimum Gasteiger partial charge on any atom is -0.457 e. The molecule has 0 N–H and O–H groups in total. The van der Waals surface area contributed by atoms with E-state index in [4.69, 9.17) is 19.7 Å². The lowest BCUT2D eigenvalue weighted by Crippen LogP contribution is -2.32. The van der Waals surface area contributed by atoms with E-state index in [1.54, 1.807) is 0 Å². The predicted molar refractivity (Wildman–Crippen MR) is 234 cm³/mol. The molecule has 1 aliphatic heterocycles. The minimum atomic E-state index is -0.549. The second kappa shape index (κ2) is 12.7. The van der Waals surface area contributed by atoms with E-state index in [-0.39, 0.29) is 0 Å². The monoisotopic (exact) mass is 739 g/mol. The van der Waals surface area contributed by atoms with Crippen molar-refractivity contribution in [3.63, 3.8) is 0 Å². The van der Waals surface area contributed by atoms with Crippen LogP contribution in [0.15, 0.2) is 200 Å². The topological polar surface area (TPSA) is 47.9 Å². The largest absolute Gasteiger partial charge is 0.457 e. The van der Waals surface area contributed by atoms with Crippen molar-refractivity contribution in [2.75, 3.05) is 0 Å². The molecule has 0 radical (unpaired) electrons. The van der Waals surface area contributed by atoms with E-state index in [9.17, 15) is 0 Å². The standard InChI is InChI=1S/C54H33N3O/c1-3-15-34(16-4-1)48-33-49(57-53(56-48)37-17-5-2-6-18-37)35-27-29-36(30-28-35)52-42-32-51-46(31-41(42)40-21-9-13-25-47(40)55-52)54(45-24-12-14-26-50(45)58-51)43-22-10-7-19-38(43)39-20-8-11-23-44(39)54/h1-33H. The third-order valence-corrected chi connectivity index (χ3v) is 12.0. The summed E-state index contributed by atoms with van der Waals surface area (Å²) in [5, 5.41) is 3.29. The quantitative estimate of drug-likeness (QED) is 0.169. The van der Waals surface area contributed by atoms with Crippen molar-refractivity contribution >= 4 is 21.7 Å². The minimum absolute atomic E-state index is 0.549. The van der Waals surface area contributed by atoms with Gasteiger partial charge in [-0.2, -0.15) is 0 Å². The summed E-state index contributed by atoms with van der Waals surface area (Å²) >= 11 is 0. The Balaban J connectivity index is 1.06. The van der Waals surface area contributed by atoms with Gasteiger partial charge in [0.25, 0.3) is 0 Å². The Kier molecular flexibility index (Phi) is 7.11. The highest BCUT2D eigenvalue weighted by atomic mass is 16.5. The van der Waals surface area contributed by atoms with E-state index in [1.807, 2.05) is 36.4 Å². The molecule has 0 fully saturated rings. The van der Waals surface area contributed by atoms with Gasteiger partial charge in [-0.05, 0) is 58.0 Å². The molecule has 0 bridgehead atoms. The number of fused-ring (bicyclic) bond motifs is 12. The van der Waals surface area contributed by atoms with Crippen molar-refractivity contribution in [3.8, 4) is 67.8 Å². The van der Waals surface area contributed by atoms with Gasteiger partial charge in [0.15, 0.2) is 5.82 Å². The van der Waals surface area contributed by atoms with Crippen LogP contribution in [0.2, 0.25) is 0 Å². The molecule has 0 saturated heterocycles. The predicted octanol–water partition coefficient (Wildman–Crippen LogP) is 13.3. The third kappa shape index (κ3) is 4.79. The van der Waals surface area contributed by atoms with Crippen molar-refractivity contribution in [1.82, 2.24) is 15.0 Å². The third-order valence-electron chi connectivity index (χ3n) is 12.0. The summed E-state index contributed by atoms with van der Waals surface area (Å²) in [7, 11) is 0. The number of aromatic nitrogens is 3. The maximum atomic E-state index is 6.94. The number of rotatable bonds is 4. The Morgan fingerprint density at radius 1 is 0.345 bits per heavy atom. The van der Waals surface area contributed by atoms with Crippen molar-refractivity contribution < 1.29 is 4.74 Å². The number of benzene rings is 8. The molecule has 1 aliphatic carbocycles. The fraction of sp³-hybridized carbons (Fsp3) is 0.0185. The van der Waals surface area contributed by atoms with Crippen LogP contribution in [-0.4, -0.2) is 15.0 Å². The van der Waals surface area contributed by atoms with E-state index in [2.05, 4.69) is 164 Å². The Bertz CT molecular complexity index is 3150. The average molecular weight is 740 g/mol. The van der Waals surface area contributed by atoms with Gasteiger partial charge in [0.05, 0.1) is 28.0 Å². The highest BCUT2D eigenvalue weighted by Crippen LogP contribution is 2.62. The number of pyridine rings is 1. The summed E-state index contributed by atoms with van der Waals surface area (Å²) in [6, 6.07) is 70.6. The molecule has 10 aromatic rings. The van der Waals surface area contributed by atoms with Gasteiger partial charge < -0.3 is 4.74 Å². The maximum absolute atomic E-state index is 6.94. The van der Waals surface area contributed by atoms with Gasteiger partial charge in [-0.25, -0.2) is 15.0 Å². The average Bonchev–Trinajstić information content (AvgIpc) is 3.59. The Morgan fingerprint density at radius 3 is 1.60 bits per heavy atom. The zero-order valence-corrected chi connectivity index (χ0v) is 31.3. The van der Waals surface area contributed by atoms with E-state index in [0.29, 0.717) is 5.82 Å². The highest BCUT2D eigenvalue weighted by Gasteiger charge is 2.51. The smallest absolute Gasteiger partial charge is 0.160 e. The Hall–Kier alpha value is -7.69. The first-order valence-electron chi connectivity index (χ1n) is 19.7. The van der Waals surface area contributed by atoms with Crippen LogP contribution in [0.25, 0.3) is 78.0 Å². The van der Waals surface area contributed by atoms with Crippen molar-refractivity contribution in [2.24, 2.45) is 0 Å². The summed E-state index contributed by atoms with van der Waals surface area (Å²) in [6.45, 7) is 0. The van der Waals surface area contributed by atoms with E-state index in [1.165, 1.54) is 22.3 Å². The molecule has 270 valence electrons. The molecule has 58 heavy (non-hydrogen) atoms. The molecule has 0 saturated carbocycles. The molecule has 4 nitrogen and oxygen atoms in total. The van der Waals surface area contributed by atoms with Crippen LogP contribution in [-0.2, 0) is 5.41 Å². The van der Waals surface area contributed by atoms with Crippen molar-refractivity contribution in [1.29, 1.82) is 0 Å². The first kappa shape index (κ1) is 32.5. The summed E-state index contributed by atoms with van der Waals surface area (Å²) in [4.78, 5) is 15.4. The highest BCUT2D eigenvalue weighted by molar-refractivity contribution is 6.12. The van der Waals surface area contributed by atoms with E-state index >= 15 is 0 Å². The molecule has 0 amide bonds. The maximum Gasteiger partial charge on any atom is 0.160 e. The molecule has 2 aliphatic rings. The van der Waals surface area contributed by atoms with Gasteiger partial charge in [0, 0.05) is 44.2 Å². The zero-order valence-electron chi connectivity index (χ0n) is 31.3. The lowest BCUT2D eigenvalue weighted by Gasteiger charge is -2.39. The normalized spacial score (nSPS) is 13.1. The van der Waals surface area contributed by atoms with Crippen LogP contribution in [0.1, 0.15) is 22.3 Å². The Labute approximate surface area is 335 Å². The lowest BCUT2D eigenvalue weighted by molar-refractivity contribution is 0.437. The van der Waals surface area contributed by atoms with Crippen LogP contribution in [0.5, 0.6) is 11.5 Å². The zero-order chi connectivity index (χ0) is 38.2. The number of hydrogen-bond donors (Lipinski definition) is 0. The molecule has 1 spiro atoms. The lowest BCUT2D eigenvalue weighted by atomic mass is 9.65. The van der Waals surface area contributed by atoms with Gasteiger partial charge in [-0.1, -0.05) is 170 Å². The first-order chi connectivity index (χ1) is 28.7. The van der Waals surface area contributed by atoms with Crippen LogP contribution < -0.4 is 4.74 Å². The van der Waals surface area contributed by atoms with Gasteiger partial charge in [0.1, 0.15) is 11.5 Å². The van der Waals surface area contributed by atoms with Gasteiger partial charge in [-0.3, -0.25) is 0 Å². The number of para-hydroxylation sites is 2. The van der Waals surface area contributed by atoms with Crippen LogP contribution >= 0.6 is 0 Å². The first-order valence-corrected chi connectivity index (χ1v) is 19.7. The summed E-state index contributed by atoms with van der Waals surface area (Å²) in [5.41, 5.74) is 14.5. The molecule has 0 atom stereocenters. The van der Waals surface area contributed by atoms with Gasteiger partial charge in [-0.15, -0.1) is 0 Å². The molecule has 3 heterocycles. The van der Waals surface area contributed by atoms with E-state index < -0.39 is 5.41 Å². The molecule has 12 rings (SSSR count). The fourth-order valence-electron chi connectivity index (χ4n) is 9.39.